The molecule has 4 heteroatoms. The molecule has 0 aromatic carbocycles. The van der Waals surface area contributed by atoms with Gasteiger partial charge in [0.15, 0.2) is 5.79 Å². The summed E-state index contributed by atoms with van der Waals surface area (Å²) in [5.41, 5.74) is 0.550. The van der Waals surface area contributed by atoms with Crippen LogP contribution in [0, 0.1) is 52.3 Å². The van der Waals surface area contributed by atoms with Crippen molar-refractivity contribution in [1.29, 1.82) is 0 Å². The molecule has 0 aromatic heterocycles. The molecule has 13 atom stereocenters. The Morgan fingerprint density at radius 2 is 1.65 bits per heavy atom. The second-order valence-corrected chi connectivity index (χ2v) is 13.2. The Labute approximate surface area is 188 Å². The van der Waals surface area contributed by atoms with E-state index in [-0.39, 0.29) is 11.2 Å². The van der Waals surface area contributed by atoms with Gasteiger partial charge in [0.2, 0.25) is 0 Å². The van der Waals surface area contributed by atoms with Crippen LogP contribution in [0.15, 0.2) is 0 Å². The Kier molecular flexibility index (Phi) is 4.78. The van der Waals surface area contributed by atoms with E-state index in [2.05, 4.69) is 27.7 Å². The van der Waals surface area contributed by atoms with Crippen molar-refractivity contribution in [2.45, 2.75) is 110 Å². The molecular weight excluding hydrogens is 388 g/mol. The molecular formula is C27H44O4. The van der Waals surface area contributed by atoms with Gasteiger partial charge in [-0.1, -0.05) is 27.7 Å². The molecule has 4 saturated carbocycles. The van der Waals surface area contributed by atoms with E-state index in [1.165, 1.54) is 38.5 Å². The molecule has 31 heavy (non-hydrogen) atoms. The van der Waals surface area contributed by atoms with Crippen molar-refractivity contribution < 1.29 is 19.7 Å². The van der Waals surface area contributed by atoms with Crippen molar-refractivity contribution in [3.05, 3.63) is 0 Å². The van der Waals surface area contributed by atoms with E-state index in [4.69, 9.17) is 9.47 Å². The first-order valence-electron chi connectivity index (χ1n) is 13.4. The minimum Gasteiger partial charge on any atom is -0.390 e. The zero-order valence-corrected chi connectivity index (χ0v) is 20.1. The molecule has 1 spiro atoms. The Morgan fingerprint density at radius 3 is 2.39 bits per heavy atom. The first-order valence-corrected chi connectivity index (χ1v) is 13.4. The maximum absolute atomic E-state index is 10.6. The molecule has 0 radical (unpaired) electrons. The summed E-state index contributed by atoms with van der Waals surface area (Å²) < 4.78 is 13.3. The van der Waals surface area contributed by atoms with E-state index >= 15 is 0 Å². The minimum atomic E-state index is -0.537. The van der Waals surface area contributed by atoms with Crippen molar-refractivity contribution in [1.82, 2.24) is 0 Å². The molecule has 0 aromatic rings. The number of hydrogen-bond donors (Lipinski definition) is 2. The van der Waals surface area contributed by atoms with Gasteiger partial charge < -0.3 is 19.7 Å². The SMILES string of the molecule is C[C@H]1CC[C@]2(OC1)O[C@@H]1C[C@H]3[C@@H]4CC[C@H]5C[C@@H](O)[C@H](O)C[C@]5(C)[C@H]4CC[C@]3(C)[C@H]1[C@H]2C. The lowest BCUT2D eigenvalue weighted by molar-refractivity contribution is -0.273. The van der Waals surface area contributed by atoms with Crippen LogP contribution in [-0.4, -0.2) is 40.9 Å². The predicted molar refractivity (Wildman–Crippen MR) is 119 cm³/mol. The normalized spacial score (nSPS) is 63.3. The van der Waals surface area contributed by atoms with Gasteiger partial charge in [0.05, 0.1) is 24.9 Å². The molecule has 2 N–H and O–H groups in total. The van der Waals surface area contributed by atoms with Crippen LogP contribution in [0.1, 0.15) is 85.5 Å². The lowest BCUT2D eigenvalue weighted by Crippen LogP contribution is -2.57. The highest BCUT2D eigenvalue weighted by molar-refractivity contribution is 5.15. The van der Waals surface area contributed by atoms with Crippen LogP contribution >= 0.6 is 0 Å². The number of fused-ring (bicyclic) bond motifs is 7. The van der Waals surface area contributed by atoms with Crippen LogP contribution in [0.5, 0.6) is 0 Å². The molecule has 6 aliphatic rings. The van der Waals surface area contributed by atoms with Gasteiger partial charge >= 0.3 is 0 Å². The lowest BCUT2D eigenvalue weighted by atomic mass is 9.44. The third-order valence-electron chi connectivity index (χ3n) is 12.0. The molecule has 4 aliphatic carbocycles. The molecule has 6 rings (SSSR count). The quantitative estimate of drug-likeness (QED) is 0.579. The Balaban J connectivity index is 1.26. The van der Waals surface area contributed by atoms with Crippen molar-refractivity contribution in [3.8, 4) is 0 Å². The summed E-state index contributed by atoms with van der Waals surface area (Å²) >= 11 is 0. The lowest BCUT2D eigenvalue weighted by Gasteiger charge is -2.61. The monoisotopic (exact) mass is 432 g/mol. The van der Waals surface area contributed by atoms with Crippen molar-refractivity contribution in [2.24, 2.45) is 52.3 Å². The van der Waals surface area contributed by atoms with Gasteiger partial charge in [-0.3, -0.25) is 0 Å². The second kappa shape index (κ2) is 6.93. The van der Waals surface area contributed by atoms with Gasteiger partial charge in [-0.15, -0.1) is 0 Å². The summed E-state index contributed by atoms with van der Waals surface area (Å²) in [6.07, 6.45) is 9.51. The standard InChI is InChI=1S/C27H44O4/c1-15-7-10-27(30-14-15)16(2)24-23(31-27)12-20-18-6-5-17-11-21(28)22(29)13-26(17,4)19(18)8-9-25(20,24)3/h15-24,28-29H,5-14H2,1-4H3/t15-,16+,17-,18+,19-,20-,21+,22+,23+,24-,25-,26-,27-/m0/s1. The fourth-order valence-electron chi connectivity index (χ4n) is 10.3. The number of ether oxygens (including phenoxy) is 2. The van der Waals surface area contributed by atoms with Gasteiger partial charge in [0.1, 0.15) is 0 Å². The number of rotatable bonds is 0. The summed E-state index contributed by atoms with van der Waals surface area (Å²) in [6, 6.07) is 0. The fourth-order valence-corrected chi connectivity index (χ4v) is 10.3. The van der Waals surface area contributed by atoms with Crippen LogP contribution in [0.3, 0.4) is 0 Å². The van der Waals surface area contributed by atoms with Crippen LogP contribution < -0.4 is 0 Å². The van der Waals surface area contributed by atoms with E-state index in [0.29, 0.717) is 41.1 Å². The summed E-state index contributed by atoms with van der Waals surface area (Å²) in [6.45, 7) is 10.6. The number of aliphatic hydroxyl groups excluding tert-OH is 2. The molecule has 0 unspecified atom stereocenters. The molecule has 0 amide bonds. The van der Waals surface area contributed by atoms with E-state index in [1.807, 2.05) is 0 Å². The zero-order valence-electron chi connectivity index (χ0n) is 20.1. The fraction of sp³-hybridized carbons (Fsp3) is 1.00. The minimum absolute atomic E-state index is 0.191. The third-order valence-corrected chi connectivity index (χ3v) is 12.0. The summed E-state index contributed by atoms with van der Waals surface area (Å²) in [5, 5.41) is 20.9. The van der Waals surface area contributed by atoms with Crippen LogP contribution in [0.2, 0.25) is 0 Å². The van der Waals surface area contributed by atoms with Gasteiger partial charge in [0, 0.05) is 12.3 Å². The van der Waals surface area contributed by atoms with Crippen molar-refractivity contribution >= 4 is 0 Å². The Bertz CT molecular complexity index is 716. The maximum Gasteiger partial charge on any atom is 0.171 e. The van der Waals surface area contributed by atoms with Crippen molar-refractivity contribution in [2.75, 3.05) is 6.61 Å². The summed E-state index contributed by atoms with van der Waals surface area (Å²) in [4.78, 5) is 0. The van der Waals surface area contributed by atoms with E-state index in [0.717, 1.165) is 37.7 Å². The third kappa shape index (κ3) is 2.80. The molecule has 0 bridgehead atoms. The molecule has 2 saturated heterocycles. The number of aliphatic hydroxyl groups is 2. The highest BCUT2D eigenvalue weighted by Crippen LogP contribution is 2.71. The van der Waals surface area contributed by atoms with E-state index in [9.17, 15) is 10.2 Å². The highest BCUT2D eigenvalue weighted by Gasteiger charge is 2.69. The van der Waals surface area contributed by atoms with E-state index in [1.54, 1.807) is 0 Å². The van der Waals surface area contributed by atoms with Crippen LogP contribution in [-0.2, 0) is 9.47 Å². The van der Waals surface area contributed by atoms with E-state index < -0.39 is 12.2 Å². The molecule has 6 fully saturated rings. The molecule has 176 valence electrons. The van der Waals surface area contributed by atoms with Gasteiger partial charge in [0.25, 0.3) is 0 Å². The molecule has 4 nitrogen and oxygen atoms in total. The molecule has 2 heterocycles. The van der Waals surface area contributed by atoms with Crippen molar-refractivity contribution in [3.63, 3.8) is 0 Å². The molecule has 2 aliphatic heterocycles. The Hall–Kier alpha value is -0.160. The van der Waals surface area contributed by atoms with Crippen LogP contribution in [0.4, 0.5) is 0 Å². The average Bonchev–Trinajstić information content (AvgIpc) is 3.16. The Morgan fingerprint density at radius 1 is 0.839 bits per heavy atom. The average molecular weight is 433 g/mol. The maximum atomic E-state index is 10.6. The predicted octanol–water partition coefficient (Wildman–Crippen LogP) is 4.76. The smallest absolute Gasteiger partial charge is 0.171 e. The summed E-state index contributed by atoms with van der Waals surface area (Å²) in [5.74, 6) is 4.21. The topological polar surface area (TPSA) is 58.9 Å². The largest absolute Gasteiger partial charge is 0.390 e. The highest BCUT2D eigenvalue weighted by atomic mass is 16.7. The van der Waals surface area contributed by atoms with Crippen LogP contribution in [0.25, 0.3) is 0 Å². The summed E-state index contributed by atoms with van der Waals surface area (Å²) in [7, 11) is 0. The van der Waals surface area contributed by atoms with Gasteiger partial charge in [-0.05, 0) is 97.7 Å². The second-order valence-electron chi connectivity index (χ2n) is 13.2. The zero-order chi connectivity index (χ0) is 21.8. The number of hydrogen-bond acceptors (Lipinski definition) is 4. The first-order chi connectivity index (χ1) is 14.7. The van der Waals surface area contributed by atoms with Gasteiger partial charge in [-0.25, -0.2) is 0 Å². The first kappa shape index (κ1) is 21.4. The van der Waals surface area contributed by atoms with Gasteiger partial charge in [-0.2, -0.15) is 0 Å².